The van der Waals surface area contributed by atoms with Crippen LogP contribution >= 0.6 is 11.3 Å². The SMILES string of the molecule is COc1ccc(-c2csc(C(N)c3ccc(OC)cc3)n2)cc1. The molecule has 5 heteroatoms. The number of nitrogens with two attached hydrogens (primary N) is 1. The number of hydrogen-bond acceptors (Lipinski definition) is 5. The monoisotopic (exact) mass is 326 g/mol. The lowest BCUT2D eigenvalue weighted by atomic mass is 10.1. The van der Waals surface area contributed by atoms with Gasteiger partial charge in [-0.05, 0) is 42.0 Å². The van der Waals surface area contributed by atoms with Crippen molar-refractivity contribution >= 4 is 11.3 Å². The van der Waals surface area contributed by atoms with Crippen molar-refractivity contribution in [2.24, 2.45) is 5.73 Å². The number of thiazole rings is 1. The van der Waals surface area contributed by atoms with Gasteiger partial charge in [-0.2, -0.15) is 0 Å². The lowest BCUT2D eigenvalue weighted by molar-refractivity contribution is 0.414. The predicted octanol–water partition coefficient (Wildman–Crippen LogP) is 3.88. The summed E-state index contributed by atoms with van der Waals surface area (Å²) in [5.41, 5.74) is 9.33. The minimum absolute atomic E-state index is 0.238. The molecule has 0 bridgehead atoms. The molecule has 3 rings (SSSR count). The molecule has 1 aromatic heterocycles. The highest BCUT2D eigenvalue weighted by Gasteiger charge is 2.14. The van der Waals surface area contributed by atoms with Gasteiger partial charge in [0.15, 0.2) is 0 Å². The van der Waals surface area contributed by atoms with Gasteiger partial charge in [-0.1, -0.05) is 12.1 Å². The summed E-state index contributed by atoms with van der Waals surface area (Å²) in [7, 11) is 3.31. The number of aromatic nitrogens is 1. The molecular weight excluding hydrogens is 308 g/mol. The highest BCUT2D eigenvalue weighted by Crippen LogP contribution is 2.29. The summed E-state index contributed by atoms with van der Waals surface area (Å²) in [6.07, 6.45) is 0. The second kappa shape index (κ2) is 6.81. The third-order valence-corrected chi connectivity index (χ3v) is 4.58. The molecule has 1 unspecified atom stereocenters. The van der Waals surface area contributed by atoms with Crippen LogP contribution in [-0.4, -0.2) is 19.2 Å². The number of ether oxygens (including phenoxy) is 2. The standard InChI is InChI=1S/C18H18N2O2S/c1-21-14-7-3-12(4-8-14)16-11-23-18(20-16)17(19)13-5-9-15(22-2)10-6-13/h3-11,17H,19H2,1-2H3. The Hall–Kier alpha value is -2.37. The third-order valence-electron chi connectivity index (χ3n) is 3.65. The van der Waals surface area contributed by atoms with E-state index in [1.54, 1.807) is 25.6 Å². The van der Waals surface area contributed by atoms with Gasteiger partial charge in [0.05, 0.1) is 26.0 Å². The molecule has 1 atom stereocenters. The molecule has 0 aliphatic rings. The second-order valence-corrected chi connectivity index (χ2v) is 5.94. The highest BCUT2D eigenvalue weighted by molar-refractivity contribution is 7.10. The zero-order chi connectivity index (χ0) is 16.2. The number of hydrogen-bond donors (Lipinski definition) is 1. The molecule has 0 saturated carbocycles. The zero-order valence-corrected chi connectivity index (χ0v) is 13.8. The van der Waals surface area contributed by atoms with E-state index < -0.39 is 0 Å². The Morgan fingerprint density at radius 3 is 2.04 bits per heavy atom. The van der Waals surface area contributed by atoms with E-state index in [-0.39, 0.29) is 6.04 Å². The van der Waals surface area contributed by atoms with E-state index >= 15 is 0 Å². The first-order valence-corrected chi connectivity index (χ1v) is 8.08. The van der Waals surface area contributed by atoms with Crippen LogP contribution in [0.25, 0.3) is 11.3 Å². The molecular formula is C18H18N2O2S. The molecule has 0 spiro atoms. The van der Waals surface area contributed by atoms with Gasteiger partial charge < -0.3 is 15.2 Å². The molecule has 0 aliphatic carbocycles. The molecule has 0 aliphatic heterocycles. The fourth-order valence-electron chi connectivity index (χ4n) is 2.28. The van der Waals surface area contributed by atoms with Gasteiger partial charge in [0, 0.05) is 10.9 Å². The van der Waals surface area contributed by atoms with E-state index in [0.717, 1.165) is 33.3 Å². The van der Waals surface area contributed by atoms with Crippen LogP contribution in [0.4, 0.5) is 0 Å². The molecule has 4 nitrogen and oxygen atoms in total. The van der Waals surface area contributed by atoms with Crippen LogP contribution in [0, 0.1) is 0 Å². The van der Waals surface area contributed by atoms with Crippen molar-refractivity contribution in [3.63, 3.8) is 0 Å². The summed E-state index contributed by atoms with van der Waals surface area (Å²) in [4.78, 5) is 4.68. The average molecular weight is 326 g/mol. The summed E-state index contributed by atoms with van der Waals surface area (Å²) in [5.74, 6) is 1.65. The molecule has 0 fully saturated rings. The fourth-order valence-corrected chi connectivity index (χ4v) is 3.13. The van der Waals surface area contributed by atoms with Crippen LogP contribution < -0.4 is 15.2 Å². The molecule has 0 amide bonds. The largest absolute Gasteiger partial charge is 0.497 e. The minimum Gasteiger partial charge on any atom is -0.497 e. The number of benzene rings is 2. The topological polar surface area (TPSA) is 57.4 Å². The molecule has 3 aromatic rings. The fraction of sp³-hybridized carbons (Fsp3) is 0.167. The smallest absolute Gasteiger partial charge is 0.118 e. The summed E-state index contributed by atoms with van der Waals surface area (Å²) in [6.45, 7) is 0. The normalized spacial score (nSPS) is 12.0. The lowest BCUT2D eigenvalue weighted by Gasteiger charge is -2.09. The van der Waals surface area contributed by atoms with Crippen LogP contribution in [0.1, 0.15) is 16.6 Å². The van der Waals surface area contributed by atoms with Gasteiger partial charge >= 0.3 is 0 Å². The molecule has 0 saturated heterocycles. The summed E-state index contributed by atoms with van der Waals surface area (Å²) >= 11 is 1.57. The third kappa shape index (κ3) is 3.36. The maximum Gasteiger partial charge on any atom is 0.118 e. The zero-order valence-electron chi connectivity index (χ0n) is 13.0. The van der Waals surface area contributed by atoms with Crippen LogP contribution in [0.3, 0.4) is 0 Å². The van der Waals surface area contributed by atoms with Crippen LogP contribution in [-0.2, 0) is 0 Å². The first-order valence-electron chi connectivity index (χ1n) is 7.20. The Morgan fingerprint density at radius 1 is 0.913 bits per heavy atom. The van der Waals surface area contributed by atoms with Crippen molar-refractivity contribution in [2.75, 3.05) is 14.2 Å². The average Bonchev–Trinajstić information content (AvgIpc) is 3.11. The van der Waals surface area contributed by atoms with E-state index in [0.29, 0.717) is 0 Å². The van der Waals surface area contributed by atoms with Crippen molar-refractivity contribution in [1.29, 1.82) is 0 Å². The molecule has 2 N–H and O–H groups in total. The Labute approximate surface area is 139 Å². The Bertz CT molecular complexity index is 766. The predicted molar refractivity (Wildman–Crippen MR) is 93.1 cm³/mol. The van der Waals surface area contributed by atoms with E-state index in [1.807, 2.05) is 53.9 Å². The van der Waals surface area contributed by atoms with Crippen LogP contribution in [0.5, 0.6) is 11.5 Å². The number of methoxy groups -OCH3 is 2. The van der Waals surface area contributed by atoms with E-state index in [2.05, 4.69) is 4.98 Å². The van der Waals surface area contributed by atoms with Gasteiger partial charge in [0.2, 0.25) is 0 Å². The summed E-state index contributed by atoms with van der Waals surface area (Å²) in [6, 6.07) is 15.4. The maximum atomic E-state index is 6.33. The van der Waals surface area contributed by atoms with Crippen LogP contribution in [0.2, 0.25) is 0 Å². The highest BCUT2D eigenvalue weighted by atomic mass is 32.1. The summed E-state index contributed by atoms with van der Waals surface area (Å²) < 4.78 is 10.3. The Balaban J connectivity index is 1.82. The van der Waals surface area contributed by atoms with Gasteiger partial charge in [-0.25, -0.2) is 4.98 Å². The van der Waals surface area contributed by atoms with E-state index in [4.69, 9.17) is 15.2 Å². The van der Waals surface area contributed by atoms with Gasteiger partial charge in [0.25, 0.3) is 0 Å². The Kier molecular flexibility index (Phi) is 4.60. The van der Waals surface area contributed by atoms with E-state index in [1.165, 1.54) is 0 Å². The molecule has 0 radical (unpaired) electrons. The first kappa shape index (κ1) is 15.5. The van der Waals surface area contributed by atoms with E-state index in [9.17, 15) is 0 Å². The lowest BCUT2D eigenvalue weighted by Crippen LogP contribution is -2.11. The number of rotatable bonds is 5. The van der Waals surface area contributed by atoms with Crippen LogP contribution in [0.15, 0.2) is 53.9 Å². The molecule has 118 valence electrons. The van der Waals surface area contributed by atoms with Crippen molar-refractivity contribution in [3.05, 3.63) is 64.5 Å². The minimum atomic E-state index is -0.238. The van der Waals surface area contributed by atoms with Gasteiger partial charge in [-0.15, -0.1) is 11.3 Å². The second-order valence-electron chi connectivity index (χ2n) is 5.05. The van der Waals surface area contributed by atoms with Crippen molar-refractivity contribution in [2.45, 2.75) is 6.04 Å². The molecule has 23 heavy (non-hydrogen) atoms. The van der Waals surface area contributed by atoms with Crippen molar-refractivity contribution < 1.29 is 9.47 Å². The molecule has 2 aromatic carbocycles. The van der Waals surface area contributed by atoms with Gasteiger partial charge in [0.1, 0.15) is 16.5 Å². The maximum absolute atomic E-state index is 6.33. The molecule has 1 heterocycles. The van der Waals surface area contributed by atoms with Gasteiger partial charge in [-0.3, -0.25) is 0 Å². The summed E-state index contributed by atoms with van der Waals surface area (Å²) in [5, 5.41) is 2.92. The first-order chi connectivity index (χ1) is 11.2. The number of nitrogens with zero attached hydrogens (tertiary/aromatic N) is 1. The van der Waals surface area contributed by atoms with Crippen molar-refractivity contribution in [3.8, 4) is 22.8 Å². The Morgan fingerprint density at radius 2 is 1.48 bits per heavy atom. The van der Waals surface area contributed by atoms with Crippen molar-refractivity contribution in [1.82, 2.24) is 4.98 Å². The quantitative estimate of drug-likeness (QED) is 0.773.